The van der Waals surface area contributed by atoms with E-state index in [1.54, 1.807) is 42.5 Å². The quantitative estimate of drug-likeness (QED) is 0.122. The fourth-order valence-corrected chi connectivity index (χ4v) is 11.1. The molecule has 14 nitrogen and oxygen atoms in total. The molecule has 2 bridgehead atoms. The zero-order valence-electron chi connectivity index (χ0n) is 33.0. The third kappa shape index (κ3) is 7.21. The van der Waals surface area contributed by atoms with Gasteiger partial charge in [-0.05, 0) is 94.5 Å². The van der Waals surface area contributed by atoms with Gasteiger partial charge in [0.25, 0.3) is 11.8 Å². The monoisotopic (exact) mass is 842 g/mol. The maximum atomic E-state index is 13.8. The summed E-state index contributed by atoms with van der Waals surface area (Å²) in [6, 6.07) is 12.4. The lowest BCUT2D eigenvalue weighted by Crippen LogP contribution is -2.34. The van der Waals surface area contributed by atoms with Gasteiger partial charge < -0.3 is 25.4 Å². The van der Waals surface area contributed by atoms with Gasteiger partial charge in [0, 0.05) is 56.5 Å². The number of nitrogens with zero attached hydrogens (tertiary/aromatic N) is 6. The van der Waals surface area contributed by atoms with Gasteiger partial charge in [-0.25, -0.2) is 4.98 Å². The first-order valence-corrected chi connectivity index (χ1v) is 21.3. The molecule has 16 heteroatoms. The van der Waals surface area contributed by atoms with Crippen LogP contribution >= 0.6 is 23.2 Å². The van der Waals surface area contributed by atoms with Crippen LogP contribution < -0.4 is 10.6 Å². The van der Waals surface area contributed by atoms with Crippen molar-refractivity contribution < 1.29 is 29.4 Å². The van der Waals surface area contributed by atoms with Crippen LogP contribution in [0.25, 0.3) is 11.1 Å². The molecule has 4 N–H and O–H groups in total. The molecule has 4 aromatic rings. The first-order chi connectivity index (χ1) is 28.3. The van der Waals surface area contributed by atoms with Gasteiger partial charge in [-0.15, -0.1) is 0 Å². The average Bonchev–Trinajstić information content (AvgIpc) is 4.07. The minimum Gasteiger partial charge on any atom is -0.481 e. The molecule has 2 aliphatic carbocycles. The number of aryl methyl sites for hydroxylation is 1. The smallest absolute Gasteiger partial charge is 0.309 e. The number of nitrogens with one attached hydrogen (secondary N) is 2. The van der Waals surface area contributed by atoms with Crippen LogP contribution in [0.5, 0.6) is 0 Å². The summed E-state index contributed by atoms with van der Waals surface area (Å²) < 4.78 is 3.71. The van der Waals surface area contributed by atoms with Crippen molar-refractivity contribution >= 4 is 58.3 Å². The summed E-state index contributed by atoms with van der Waals surface area (Å²) in [5.41, 5.74) is 4.55. The van der Waals surface area contributed by atoms with Crippen LogP contribution in [0.2, 0.25) is 10.0 Å². The van der Waals surface area contributed by atoms with Gasteiger partial charge in [0.1, 0.15) is 0 Å². The summed E-state index contributed by atoms with van der Waals surface area (Å²) in [6.45, 7) is 4.21. The van der Waals surface area contributed by atoms with Gasteiger partial charge in [0.15, 0.2) is 11.5 Å². The van der Waals surface area contributed by atoms with Crippen LogP contribution in [0, 0.1) is 16.7 Å². The highest BCUT2D eigenvalue weighted by Gasteiger charge is 2.57. The third-order valence-electron chi connectivity index (χ3n) is 14.0. The van der Waals surface area contributed by atoms with E-state index in [-0.39, 0.29) is 38.9 Å². The Morgan fingerprint density at radius 2 is 1.59 bits per heavy atom. The standard InChI is InChI=1S/C43H48Cl2N8O6/c1-50-32-11-18-51(20-16-42-12-14-43(24-42,15-13-42)41(58)59)23-31(32)46-37(50)39(55)48-29-8-3-6-27(36(29)45)26-5-2-7-28(35(26)44)47-38(54)30-21-34-33(9-4-17-53(34)49-30)52-19-10-25(22-52)40(56)57/h2-3,5-8,21,25,33H,4,9-20,22-24H2,1H3,(H,47,54)(H,48,55)(H,56,57)(H,58,59)/t25-,33+,42?,43?/m1/s1. The third-order valence-corrected chi connectivity index (χ3v) is 14.8. The SMILES string of the molecule is Cn1c(C(=O)Nc2cccc(-c3cccc(NC(=O)c4cc5n(n4)CCC[C@@H]5N4CC[C@@H](C(=O)O)C4)c3Cl)c2Cl)nc2c1CCN(CCC13CCC(C(=O)O)(CC1)C3)C2. The minimum atomic E-state index is -0.776. The molecule has 310 valence electrons. The van der Waals surface area contributed by atoms with E-state index in [1.165, 1.54) is 0 Å². The molecule has 2 amide bonds. The van der Waals surface area contributed by atoms with E-state index in [0.29, 0.717) is 55.1 Å². The van der Waals surface area contributed by atoms with Crippen molar-refractivity contribution in [3.63, 3.8) is 0 Å². The molecule has 2 aromatic heterocycles. The molecule has 2 aromatic carbocycles. The number of fused-ring (bicyclic) bond motifs is 4. The van der Waals surface area contributed by atoms with Gasteiger partial charge >= 0.3 is 11.9 Å². The van der Waals surface area contributed by atoms with E-state index in [1.807, 2.05) is 16.3 Å². The highest BCUT2D eigenvalue weighted by molar-refractivity contribution is 6.40. The number of benzene rings is 2. The summed E-state index contributed by atoms with van der Waals surface area (Å²) in [5.74, 6) is -2.32. The summed E-state index contributed by atoms with van der Waals surface area (Å²) in [6.07, 6.45) is 8.42. The van der Waals surface area contributed by atoms with Gasteiger partial charge in [-0.3, -0.25) is 33.7 Å². The zero-order valence-corrected chi connectivity index (χ0v) is 34.5. The molecule has 9 rings (SSSR count). The molecule has 2 atom stereocenters. The van der Waals surface area contributed by atoms with Crippen molar-refractivity contribution in [1.82, 2.24) is 29.1 Å². The van der Waals surface area contributed by atoms with E-state index >= 15 is 0 Å². The van der Waals surface area contributed by atoms with E-state index in [2.05, 4.69) is 25.5 Å². The number of hydrogen-bond acceptors (Lipinski definition) is 8. The van der Waals surface area contributed by atoms with Gasteiger partial charge in [-0.1, -0.05) is 47.5 Å². The number of rotatable bonds is 11. The number of aromatic nitrogens is 4. The number of carboxylic acid groups (broad SMARTS) is 2. The molecule has 5 aliphatic rings. The van der Waals surface area contributed by atoms with Crippen molar-refractivity contribution in [3.8, 4) is 11.1 Å². The number of carbonyl (C=O) groups is 4. The molecule has 2 saturated carbocycles. The topological polar surface area (TPSA) is 175 Å². The van der Waals surface area contributed by atoms with Crippen LogP contribution in [0.1, 0.15) is 102 Å². The lowest BCUT2D eigenvalue weighted by molar-refractivity contribution is -0.148. The van der Waals surface area contributed by atoms with E-state index in [9.17, 15) is 29.4 Å². The number of hydrogen-bond donors (Lipinski definition) is 4. The van der Waals surface area contributed by atoms with Crippen molar-refractivity contribution in [2.24, 2.45) is 23.8 Å². The Morgan fingerprint density at radius 3 is 2.24 bits per heavy atom. The van der Waals surface area contributed by atoms with Crippen LogP contribution in [0.3, 0.4) is 0 Å². The van der Waals surface area contributed by atoms with Gasteiger partial charge in [0.05, 0.1) is 50.2 Å². The maximum Gasteiger partial charge on any atom is 0.309 e. The molecule has 0 unspecified atom stereocenters. The molecule has 5 heterocycles. The second-order valence-corrected chi connectivity index (χ2v) is 18.1. The fraction of sp³-hybridized carbons (Fsp3) is 0.488. The number of aliphatic carboxylic acids is 2. The van der Waals surface area contributed by atoms with Crippen molar-refractivity contribution in [3.05, 3.63) is 81.1 Å². The molecule has 0 spiro atoms. The summed E-state index contributed by atoms with van der Waals surface area (Å²) in [4.78, 5) is 60.3. The molecule has 3 fully saturated rings. The Morgan fingerprint density at radius 1 is 0.898 bits per heavy atom. The van der Waals surface area contributed by atoms with Gasteiger partial charge in [-0.2, -0.15) is 5.10 Å². The highest BCUT2D eigenvalue weighted by Crippen LogP contribution is 2.63. The van der Waals surface area contributed by atoms with Crippen molar-refractivity contribution in [2.75, 3.05) is 36.8 Å². The number of imidazole rings is 1. The highest BCUT2D eigenvalue weighted by atomic mass is 35.5. The molecule has 3 aliphatic heterocycles. The largest absolute Gasteiger partial charge is 0.481 e. The first-order valence-electron chi connectivity index (χ1n) is 20.6. The average molecular weight is 844 g/mol. The summed E-state index contributed by atoms with van der Waals surface area (Å²) >= 11 is 13.9. The molecular weight excluding hydrogens is 795 g/mol. The van der Waals surface area contributed by atoms with Crippen LogP contribution in [-0.2, 0) is 36.1 Å². The summed E-state index contributed by atoms with van der Waals surface area (Å²) in [5, 5.41) is 30.4. The van der Waals surface area contributed by atoms with Crippen LogP contribution in [0.4, 0.5) is 11.4 Å². The lowest BCUT2D eigenvalue weighted by atomic mass is 9.80. The zero-order chi connectivity index (χ0) is 41.2. The number of anilines is 2. The Balaban J connectivity index is 0.863. The number of carbonyl (C=O) groups excluding carboxylic acids is 2. The van der Waals surface area contributed by atoms with E-state index in [0.717, 1.165) is 88.0 Å². The molecular formula is C43H48Cl2N8O6. The van der Waals surface area contributed by atoms with Crippen LogP contribution in [0.15, 0.2) is 42.5 Å². The number of carboxylic acids is 2. The Hall–Kier alpha value is -4.76. The maximum absolute atomic E-state index is 13.8. The number of halogens is 2. The predicted octanol–water partition coefficient (Wildman–Crippen LogP) is 7.12. The molecule has 1 saturated heterocycles. The van der Waals surface area contributed by atoms with Crippen LogP contribution in [-0.4, -0.2) is 89.3 Å². The number of likely N-dealkylation sites (tertiary alicyclic amines) is 1. The van der Waals surface area contributed by atoms with Crippen molar-refractivity contribution in [1.29, 1.82) is 0 Å². The van der Waals surface area contributed by atoms with Crippen molar-refractivity contribution in [2.45, 2.75) is 83.3 Å². The minimum absolute atomic E-state index is 0.000943. The van der Waals surface area contributed by atoms with E-state index in [4.69, 9.17) is 28.2 Å². The molecule has 59 heavy (non-hydrogen) atoms. The van der Waals surface area contributed by atoms with E-state index < -0.39 is 29.2 Å². The Kier molecular flexibility index (Phi) is 10.3. The second-order valence-electron chi connectivity index (χ2n) is 17.3. The Labute approximate surface area is 351 Å². The lowest BCUT2D eigenvalue weighted by Gasteiger charge is -2.32. The normalized spacial score (nSPS) is 25.1. The predicted molar refractivity (Wildman–Crippen MR) is 222 cm³/mol. The first kappa shape index (κ1) is 39.7. The summed E-state index contributed by atoms with van der Waals surface area (Å²) in [7, 11) is 1.86. The number of amides is 2. The second kappa shape index (κ2) is 15.4. The molecule has 0 radical (unpaired) electrons. The fourth-order valence-electron chi connectivity index (χ4n) is 10.6. The van der Waals surface area contributed by atoms with Gasteiger partial charge in [0.2, 0.25) is 0 Å². The Bertz CT molecular complexity index is 2370.